The minimum atomic E-state index is -4.53. The SMILES string of the molecule is Cn1nc(C(F)(F)F)c2c1CCN(C(=O)OC(C)(C)C)C2. The molecule has 118 valence electrons. The lowest BCUT2D eigenvalue weighted by Gasteiger charge is -2.30. The number of aryl methyl sites for hydroxylation is 1. The molecule has 8 heteroatoms. The van der Waals surface area contributed by atoms with Crippen LogP contribution in [0.4, 0.5) is 18.0 Å². The van der Waals surface area contributed by atoms with Crippen LogP contribution in [0.5, 0.6) is 0 Å². The largest absolute Gasteiger partial charge is 0.444 e. The standard InChI is InChI=1S/C13H18F3N3O2/c1-12(2,3)21-11(20)19-6-5-9-8(7-19)10(13(14,15)16)17-18(9)4/h5-7H2,1-4H3. The molecule has 2 rings (SSSR count). The number of aromatic nitrogens is 2. The van der Waals surface area contributed by atoms with Crippen molar-refractivity contribution >= 4 is 6.09 Å². The number of ether oxygens (including phenoxy) is 1. The molecule has 5 nitrogen and oxygen atoms in total. The van der Waals surface area contributed by atoms with Crippen molar-refractivity contribution in [3.63, 3.8) is 0 Å². The Balaban J connectivity index is 2.26. The maximum atomic E-state index is 13.0. The smallest absolute Gasteiger partial charge is 0.435 e. The molecule has 0 aliphatic carbocycles. The third kappa shape index (κ3) is 3.30. The van der Waals surface area contributed by atoms with Crippen molar-refractivity contribution in [2.45, 2.75) is 45.5 Å². The Hall–Kier alpha value is -1.73. The summed E-state index contributed by atoms with van der Waals surface area (Å²) in [6.45, 7) is 5.33. The molecule has 0 atom stereocenters. The van der Waals surface area contributed by atoms with Crippen molar-refractivity contribution in [2.24, 2.45) is 7.05 Å². The molecule has 1 aromatic heterocycles. The van der Waals surface area contributed by atoms with Crippen LogP contribution >= 0.6 is 0 Å². The highest BCUT2D eigenvalue weighted by molar-refractivity contribution is 5.68. The second kappa shape index (κ2) is 4.92. The van der Waals surface area contributed by atoms with Gasteiger partial charge in [-0.15, -0.1) is 0 Å². The van der Waals surface area contributed by atoms with Crippen molar-refractivity contribution in [1.29, 1.82) is 0 Å². The van der Waals surface area contributed by atoms with Crippen molar-refractivity contribution in [3.05, 3.63) is 17.0 Å². The maximum Gasteiger partial charge on any atom is 0.435 e. The van der Waals surface area contributed by atoms with E-state index in [9.17, 15) is 18.0 Å². The molecular formula is C13H18F3N3O2. The second-order valence-corrected chi connectivity index (χ2v) is 6.05. The van der Waals surface area contributed by atoms with Gasteiger partial charge in [0.25, 0.3) is 0 Å². The second-order valence-electron chi connectivity index (χ2n) is 6.05. The zero-order chi connectivity index (χ0) is 16.0. The van der Waals surface area contributed by atoms with E-state index in [1.54, 1.807) is 20.8 Å². The van der Waals surface area contributed by atoms with E-state index in [-0.39, 0.29) is 12.1 Å². The Morgan fingerprint density at radius 3 is 2.43 bits per heavy atom. The summed E-state index contributed by atoms with van der Waals surface area (Å²) in [5.41, 5.74) is -1.03. The highest BCUT2D eigenvalue weighted by atomic mass is 19.4. The fraction of sp³-hybridized carbons (Fsp3) is 0.692. The maximum absolute atomic E-state index is 13.0. The van der Waals surface area contributed by atoms with Gasteiger partial charge in [-0.1, -0.05) is 0 Å². The first-order valence-electron chi connectivity index (χ1n) is 6.59. The van der Waals surface area contributed by atoms with E-state index < -0.39 is 23.6 Å². The van der Waals surface area contributed by atoms with E-state index in [1.807, 2.05) is 0 Å². The molecule has 1 aromatic rings. The van der Waals surface area contributed by atoms with Crippen LogP contribution in [0, 0.1) is 0 Å². The summed E-state index contributed by atoms with van der Waals surface area (Å²) in [7, 11) is 1.48. The first-order valence-corrected chi connectivity index (χ1v) is 6.59. The van der Waals surface area contributed by atoms with Crippen LogP contribution in [0.1, 0.15) is 37.7 Å². The number of amides is 1. The molecule has 21 heavy (non-hydrogen) atoms. The molecule has 0 fully saturated rings. The summed E-state index contributed by atoms with van der Waals surface area (Å²) in [6.07, 6.45) is -4.80. The van der Waals surface area contributed by atoms with Crippen molar-refractivity contribution in [1.82, 2.24) is 14.7 Å². The van der Waals surface area contributed by atoms with Crippen LogP contribution in [0.3, 0.4) is 0 Å². The Bertz CT molecular complexity index is 558. The van der Waals surface area contributed by atoms with Gasteiger partial charge in [-0.2, -0.15) is 18.3 Å². The first-order chi connectivity index (χ1) is 9.49. The average Bonchev–Trinajstić information content (AvgIpc) is 2.64. The van der Waals surface area contributed by atoms with Gasteiger partial charge < -0.3 is 9.64 Å². The fourth-order valence-corrected chi connectivity index (χ4v) is 2.30. The highest BCUT2D eigenvalue weighted by Gasteiger charge is 2.41. The van der Waals surface area contributed by atoms with Gasteiger partial charge in [-0.25, -0.2) is 4.79 Å². The van der Waals surface area contributed by atoms with Gasteiger partial charge in [0, 0.05) is 31.3 Å². The molecule has 2 heterocycles. The lowest BCUT2D eigenvalue weighted by atomic mass is 10.1. The van der Waals surface area contributed by atoms with Gasteiger partial charge >= 0.3 is 12.3 Å². The average molecular weight is 305 g/mol. The summed E-state index contributed by atoms with van der Waals surface area (Å²) in [6, 6.07) is 0. The van der Waals surface area contributed by atoms with Crippen LogP contribution in [0.25, 0.3) is 0 Å². The molecule has 0 saturated heterocycles. The molecule has 1 amide bonds. The molecule has 1 aliphatic heterocycles. The van der Waals surface area contributed by atoms with Crippen LogP contribution in [-0.2, 0) is 30.9 Å². The fourth-order valence-electron chi connectivity index (χ4n) is 2.30. The molecular weight excluding hydrogens is 287 g/mol. The molecule has 0 spiro atoms. The van der Waals surface area contributed by atoms with E-state index >= 15 is 0 Å². The molecule has 0 aromatic carbocycles. The predicted octanol–water partition coefficient (Wildman–Crippen LogP) is 2.73. The third-order valence-electron chi connectivity index (χ3n) is 3.16. The van der Waals surface area contributed by atoms with E-state index in [2.05, 4.69) is 5.10 Å². The quantitative estimate of drug-likeness (QED) is 0.740. The molecule has 0 N–H and O–H groups in total. The number of carbonyl (C=O) groups excluding carboxylic acids is 1. The normalized spacial score (nSPS) is 15.9. The monoisotopic (exact) mass is 305 g/mol. The van der Waals surface area contributed by atoms with Crippen molar-refractivity contribution < 1.29 is 22.7 Å². The Morgan fingerprint density at radius 1 is 1.29 bits per heavy atom. The minimum absolute atomic E-state index is 0.0575. The van der Waals surface area contributed by atoms with E-state index in [1.165, 1.54) is 16.6 Å². The molecule has 1 aliphatic rings. The van der Waals surface area contributed by atoms with Gasteiger partial charge in [0.05, 0.1) is 6.54 Å². The van der Waals surface area contributed by atoms with Crippen LogP contribution < -0.4 is 0 Å². The number of hydrogen-bond donors (Lipinski definition) is 0. The summed E-state index contributed by atoms with van der Waals surface area (Å²) in [5.74, 6) is 0. The topological polar surface area (TPSA) is 47.4 Å². The van der Waals surface area contributed by atoms with E-state index in [0.717, 1.165) is 0 Å². The minimum Gasteiger partial charge on any atom is -0.444 e. The number of halogens is 3. The summed E-state index contributed by atoms with van der Waals surface area (Å²) in [4.78, 5) is 13.3. The predicted molar refractivity (Wildman–Crippen MR) is 68.6 cm³/mol. The van der Waals surface area contributed by atoms with Crippen molar-refractivity contribution in [2.75, 3.05) is 6.54 Å². The van der Waals surface area contributed by atoms with E-state index in [4.69, 9.17) is 4.74 Å². The van der Waals surface area contributed by atoms with Gasteiger partial charge in [0.2, 0.25) is 0 Å². The van der Waals surface area contributed by atoms with Crippen LogP contribution in [0.15, 0.2) is 0 Å². The molecule has 0 bridgehead atoms. The summed E-state index contributed by atoms with van der Waals surface area (Å²) < 4.78 is 45.4. The molecule has 0 unspecified atom stereocenters. The van der Waals surface area contributed by atoms with Gasteiger partial charge in [0.15, 0.2) is 5.69 Å². The first kappa shape index (κ1) is 15.7. The van der Waals surface area contributed by atoms with E-state index in [0.29, 0.717) is 18.7 Å². The zero-order valence-corrected chi connectivity index (χ0v) is 12.4. The number of rotatable bonds is 0. The molecule has 0 radical (unpaired) electrons. The number of carbonyl (C=O) groups is 1. The Morgan fingerprint density at radius 2 is 1.90 bits per heavy atom. The number of nitrogens with zero attached hydrogens (tertiary/aromatic N) is 3. The Kier molecular flexibility index (Phi) is 3.67. The van der Waals surface area contributed by atoms with Crippen molar-refractivity contribution in [3.8, 4) is 0 Å². The van der Waals surface area contributed by atoms with Gasteiger partial charge in [-0.3, -0.25) is 4.68 Å². The lowest BCUT2D eigenvalue weighted by Crippen LogP contribution is -2.40. The van der Waals surface area contributed by atoms with Gasteiger partial charge in [-0.05, 0) is 20.8 Å². The highest BCUT2D eigenvalue weighted by Crippen LogP contribution is 2.35. The number of fused-ring (bicyclic) bond motifs is 1. The van der Waals surface area contributed by atoms with Crippen LogP contribution in [-0.4, -0.2) is 32.9 Å². The number of alkyl halides is 3. The van der Waals surface area contributed by atoms with Gasteiger partial charge in [0.1, 0.15) is 5.60 Å². The lowest BCUT2D eigenvalue weighted by molar-refractivity contribution is -0.142. The number of hydrogen-bond acceptors (Lipinski definition) is 3. The summed E-state index contributed by atoms with van der Waals surface area (Å²) >= 11 is 0. The Labute approximate surface area is 120 Å². The zero-order valence-electron chi connectivity index (χ0n) is 12.4. The molecule has 0 saturated carbocycles. The summed E-state index contributed by atoms with van der Waals surface area (Å²) in [5, 5.41) is 3.54. The van der Waals surface area contributed by atoms with Crippen LogP contribution in [0.2, 0.25) is 0 Å². The third-order valence-corrected chi connectivity index (χ3v) is 3.16.